The highest BCUT2D eigenvalue weighted by Crippen LogP contribution is 2.02. The van der Waals surface area contributed by atoms with Gasteiger partial charge in [0, 0.05) is 25.7 Å². The molecule has 2 atom stereocenters. The lowest BCUT2D eigenvalue weighted by atomic mass is 10.2. The molecule has 6 nitrogen and oxygen atoms in total. The van der Waals surface area contributed by atoms with Crippen LogP contribution in [0.15, 0.2) is 0 Å². The minimum atomic E-state index is -0.489. The van der Waals surface area contributed by atoms with Gasteiger partial charge in [0.15, 0.2) is 0 Å². The second kappa shape index (κ2) is 10.8. The minimum absolute atomic E-state index is 0.158. The van der Waals surface area contributed by atoms with Crippen LogP contribution in [0.25, 0.3) is 0 Å². The van der Waals surface area contributed by atoms with Crippen molar-refractivity contribution in [3.05, 3.63) is 0 Å². The van der Waals surface area contributed by atoms with Crippen LogP contribution in [0.1, 0.15) is 46.0 Å². The first-order valence-electron chi connectivity index (χ1n) is 6.59. The van der Waals surface area contributed by atoms with Crippen LogP contribution in [0.5, 0.6) is 0 Å². The van der Waals surface area contributed by atoms with Crippen molar-refractivity contribution >= 4 is 11.9 Å². The van der Waals surface area contributed by atoms with E-state index in [2.05, 4.69) is 0 Å². The number of esters is 2. The van der Waals surface area contributed by atoms with Gasteiger partial charge in [-0.1, -0.05) is 0 Å². The minimum Gasteiger partial charge on any atom is -0.466 e. The first-order valence-corrected chi connectivity index (χ1v) is 6.59. The molecule has 0 aliphatic carbocycles. The van der Waals surface area contributed by atoms with Crippen LogP contribution in [0.3, 0.4) is 0 Å². The number of ether oxygens (including phenoxy) is 2. The fourth-order valence-electron chi connectivity index (χ4n) is 1.21. The van der Waals surface area contributed by atoms with Crippen molar-refractivity contribution in [3.8, 4) is 0 Å². The van der Waals surface area contributed by atoms with E-state index in [4.69, 9.17) is 19.7 Å². The molecule has 0 aromatic carbocycles. The Hall–Kier alpha value is -1.14. The number of rotatable bonds is 10. The predicted molar refractivity (Wildman–Crippen MR) is 68.4 cm³/mol. The molecule has 0 saturated heterocycles. The molecule has 0 heterocycles. The molecule has 0 spiro atoms. The van der Waals surface area contributed by atoms with Gasteiger partial charge in [0.05, 0.1) is 25.4 Å². The quantitative estimate of drug-likeness (QED) is 0.573. The molecule has 0 aromatic rings. The van der Waals surface area contributed by atoms with E-state index in [1.165, 1.54) is 0 Å². The highest BCUT2D eigenvalue weighted by molar-refractivity contribution is 5.72. The second-order valence-corrected chi connectivity index (χ2v) is 4.57. The van der Waals surface area contributed by atoms with Crippen molar-refractivity contribution in [2.24, 2.45) is 0 Å². The Kier molecular flexibility index (Phi) is 10.1. The van der Waals surface area contributed by atoms with Crippen molar-refractivity contribution in [2.75, 3.05) is 13.2 Å². The second-order valence-electron chi connectivity index (χ2n) is 4.57. The van der Waals surface area contributed by atoms with Crippen LogP contribution < -0.4 is 0 Å². The predicted octanol–water partition coefficient (Wildman–Crippen LogP) is 0.785. The summed E-state index contributed by atoms with van der Waals surface area (Å²) >= 11 is 0. The van der Waals surface area contributed by atoms with Crippen LogP contribution in [-0.4, -0.2) is 47.6 Å². The molecule has 2 N–H and O–H groups in total. The van der Waals surface area contributed by atoms with Gasteiger partial charge in [0.25, 0.3) is 0 Å². The average Bonchev–Trinajstić information content (AvgIpc) is 2.27. The summed E-state index contributed by atoms with van der Waals surface area (Å²) < 4.78 is 9.73. The zero-order chi connectivity index (χ0) is 14.7. The monoisotopic (exact) mass is 276 g/mol. The topological polar surface area (TPSA) is 93.1 Å². The summed E-state index contributed by atoms with van der Waals surface area (Å²) in [6.45, 7) is 3.62. The molecule has 6 heteroatoms. The highest BCUT2D eigenvalue weighted by atomic mass is 16.5. The standard InChI is InChI=1S/C13H24O6/c1-10(14)6-8-18-12(16)4-3-5-13(17)19-9-7-11(2)15/h10-11,14-15H,3-9H2,1-2H3. The number of hydrogen-bond donors (Lipinski definition) is 2. The van der Waals surface area contributed by atoms with E-state index in [0.717, 1.165) is 0 Å². The summed E-state index contributed by atoms with van der Waals surface area (Å²) in [5, 5.41) is 17.9. The summed E-state index contributed by atoms with van der Waals surface area (Å²) in [4.78, 5) is 22.4. The summed E-state index contributed by atoms with van der Waals surface area (Å²) in [7, 11) is 0. The molecule has 0 aromatic heterocycles. The van der Waals surface area contributed by atoms with Gasteiger partial charge < -0.3 is 19.7 Å². The Morgan fingerprint density at radius 2 is 1.26 bits per heavy atom. The molecule has 0 radical (unpaired) electrons. The molecule has 0 amide bonds. The Balaban J connectivity index is 3.45. The number of carbonyl (C=O) groups excluding carboxylic acids is 2. The molecule has 0 bridgehead atoms. The van der Waals surface area contributed by atoms with Crippen molar-refractivity contribution < 1.29 is 29.3 Å². The lowest BCUT2D eigenvalue weighted by molar-refractivity contribution is -0.146. The fraction of sp³-hybridized carbons (Fsp3) is 0.846. The van der Waals surface area contributed by atoms with Gasteiger partial charge in [0.2, 0.25) is 0 Å². The first-order chi connectivity index (χ1) is 8.91. The molecule has 0 saturated carbocycles. The molecule has 2 unspecified atom stereocenters. The number of hydrogen-bond acceptors (Lipinski definition) is 6. The number of aliphatic hydroxyl groups is 2. The van der Waals surface area contributed by atoms with E-state index in [0.29, 0.717) is 19.3 Å². The summed E-state index contributed by atoms with van der Waals surface area (Å²) in [5.74, 6) is -0.755. The number of aliphatic hydroxyl groups excluding tert-OH is 2. The first kappa shape index (κ1) is 17.9. The Morgan fingerprint density at radius 1 is 0.895 bits per heavy atom. The largest absolute Gasteiger partial charge is 0.466 e. The maximum Gasteiger partial charge on any atom is 0.305 e. The Labute approximate surface area is 113 Å². The van der Waals surface area contributed by atoms with Crippen LogP contribution in [0, 0.1) is 0 Å². The van der Waals surface area contributed by atoms with Gasteiger partial charge in [-0.05, 0) is 20.3 Å². The van der Waals surface area contributed by atoms with E-state index in [1.807, 2.05) is 0 Å². The molecule has 0 aliphatic heterocycles. The highest BCUT2D eigenvalue weighted by Gasteiger charge is 2.08. The van der Waals surface area contributed by atoms with Gasteiger partial charge >= 0.3 is 11.9 Å². The molecule has 0 aliphatic rings. The van der Waals surface area contributed by atoms with Crippen LogP contribution in [-0.2, 0) is 19.1 Å². The number of carbonyl (C=O) groups is 2. The van der Waals surface area contributed by atoms with E-state index in [1.54, 1.807) is 13.8 Å². The molecular formula is C13H24O6. The van der Waals surface area contributed by atoms with Gasteiger partial charge in [0.1, 0.15) is 0 Å². The van der Waals surface area contributed by atoms with Gasteiger partial charge in [-0.15, -0.1) is 0 Å². The van der Waals surface area contributed by atoms with Gasteiger partial charge in [-0.2, -0.15) is 0 Å². The third-order valence-electron chi connectivity index (χ3n) is 2.36. The molecule has 0 fully saturated rings. The van der Waals surface area contributed by atoms with Crippen molar-refractivity contribution in [1.29, 1.82) is 0 Å². The maximum atomic E-state index is 11.2. The lowest BCUT2D eigenvalue weighted by Gasteiger charge is -2.07. The molecule has 19 heavy (non-hydrogen) atoms. The smallest absolute Gasteiger partial charge is 0.305 e. The van der Waals surface area contributed by atoms with E-state index >= 15 is 0 Å². The Morgan fingerprint density at radius 3 is 1.58 bits per heavy atom. The molecular weight excluding hydrogens is 252 g/mol. The van der Waals surface area contributed by atoms with Crippen molar-refractivity contribution in [2.45, 2.75) is 58.2 Å². The zero-order valence-electron chi connectivity index (χ0n) is 11.6. The van der Waals surface area contributed by atoms with Crippen LogP contribution >= 0.6 is 0 Å². The molecule has 112 valence electrons. The fourth-order valence-corrected chi connectivity index (χ4v) is 1.21. The third kappa shape index (κ3) is 13.1. The van der Waals surface area contributed by atoms with E-state index < -0.39 is 12.2 Å². The summed E-state index contributed by atoms with van der Waals surface area (Å²) in [6, 6.07) is 0. The third-order valence-corrected chi connectivity index (χ3v) is 2.36. The van der Waals surface area contributed by atoms with Crippen molar-refractivity contribution in [3.63, 3.8) is 0 Å². The van der Waals surface area contributed by atoms with Crippen molar-refractivity contribution in [1.82, 2.24) is 0 Å². The zero-order valence-corrected chi connectivity index (χ0v) is 11.6. The van der Waals surface area contributed by atoms with Crippen LogP contribution in [0.4, 0.5) is 0 Å². The molecule has 0 rings (SSSR count). The normalized spacial score (nSPS) is 13.7. The van der Waals surface area contributed by atoms with Gasteiger partial charge in [-0.25, -0.2) is 0 Å². The van der Waals surface area contributed by atoms with E-state index in [-0.39, 0.29) is 38.0 Å². The Bertz CT molecular complexity index is 236. The van der Waals surface area contributed by atoms with Crippen LogP contribution in [0.2, 0.25) is 0 Å². The SMILES string of the molecule is CC(O)CCOC(=O)CCCC(=O)OCCC(C)O. The average molecular weight is 276 g/mol. The van der Waals surface area contributed by atoms with Gasteiger partial charge in [-0.3, -0.25) is 9.59 Å². The van der Waals surface area contributed by atoms with E-state index in [9.17, 15) is 9.59 Å². The maximum absolute atomic E-state index is 11.2. The lowest BCUT2D eigenvalue weighted by Crippen LogP contribution is -2.13. The summed E-state index contributed by atoms with van der Waals surface area (Å²) in [5.41, 5.74) is 0. The summed E-state index contributed by atoms with van der Waals surface area (Å²) in [6.07, 6.45) is 0.533.